The van der Waals surface area contributed by atoms with E-state index in [4.69, 9.17) is 4.74 Å². The number of aromatic nitrogens is 1. The predicted octanol–water partition coefficient (Wildman–Crippen LogP) is 5.18. The molecule has 0 spiro atoms. The van der Waals surface area contributed by atoms with Gasteiger partial charge in [-0.25, -0.2) is 13.1 Å². The van der Waals surface area contributed by atoms with Gasteiger partial charge in [0.25, 0.3) is 10.0 Å². The molecule has 0 bridgehead atoms. The highest BCUT2D eigenvalue weighted by Crippen LogP contribution is 2.64. The summed E-state index contributed by atoms with van der Waals surface area (Å²) in [7, 11) is -2.49. The molecule has 0 radical (unpaired) electrons. The Hall–Kier alpha value is -3.71. The molecule has 184 valence electrons. The molecule has 1 fully saturated rings. The van der Waals surface area contributed by atoms with E-state index in [1.807, 2.05) is 50.2 Å². The smallest absolute Gasteiger partial charge is 0.264 e. The molecule has 0 unspecified atom stereocenters. The fourth-order valence-corrected chi connectivity index (χ4v) is 6.42. The summed E-state index contributed by atoms with van der Waals surface area (Å²) in [5, 5.41) is 0.479. The van der Waals surface area contributed by atoms with Crippen molar-refractivity contribution in [3.8, 4) is 5.75 Å². The number of fused-ring (bicyclic) bond motifs is 1. The number of ether oxygens (including phenoxy) is 1. The first-order valence-electron chi connectivity index (χ1n) is 11.9. The largest absolute Gasteiger partial charge is 0.496 e. The van der Waals surface area contributed by atoms with Crippen molar-refractivity contribution in [2.75, 3.05) is 7.11 Å². The average molecular weight is 501 g/mol. The van der Waals surface area contributed by atoms with Crippen LogP contribution in [-0.2, 0) is 20.2 Å². The van der Waals surface area contributed by atoms with Crippen molar-refractivity contribution in [2.45, 2.75) is 42.9 Å². The van der Waals surface area contributed by atoms with Gasteiger partial charge in [0.2, 0.25) is 5.91 Å². The van der Waals surface area contributed by atoms with Crippen molar-refractivity contribution in [2.24, 2.45) is 0 Å². The number of hydrogen-bond acceptors (Lipinski definition) is 5. The van der Waals surface area contributed by atoms with E-state index in [2.05, 4.69) is 21.8 Å². The molecule has 1 amide bonds. The van der Waals surface area contributed by atoms with Gasteiger partial charge in [0.1, 0.15) is 5.75 Å². The number of hydrogen-bond donors (Lipinski definition) is 1. The Morgan fingerprint density at radius 2 is 1.81 bits per heavy atom. The van der Waals surface area contributed by atoms with Crippen molar-refractivity contribution in [3.05, 3.63) is 101 Å². The maximum Gasteiger partial charge on any atom is 0.264 e. The minimum absolute atomic E-state index is 0.0216. The molecular formula is C29H28N2O4S. The van der Waals surface area contributed by atoms with E-state index < -0.39 is 21.3 Å². The van der Waals surface area contributed by atoms with Crippen molar-refractivity contribution in [3.63, 3.8) is 0 Å². The SMILES string of the molecule is COc1ccc(C)cc1[C@@]1(CC(=O)NS(=O)(=O)c2cccc3nc(C)ccc23)C[C@H]1c1ccccc1. The number of methoxy groups -OCH3 is 1. The lowest BCUT2D eigenvalue weighted by atomic mass is 9.86. The third kappa shape index (κ3) is 4.35. The summed E-state index contributed by atoms with van der Waals surface area (Å²) in [5.74, 6) is 0.229. The minimum Gasteiger partial charge on any atom is -0.496 e. The number of carbonyl (C=O) groups excluding carboxylic acids is 1. The number of nitrogens with zero attached hydrogens (tertiary/aromatic N) is 1. The van der Waals surface area contributed by atoms with Crippen LogP contribution < -0.4 is 9.46 Å². The molecule has 1 N–H and O–H groups in total. The van der Waals surface area contributed by atoms with Gasteiger partial charge in [0, 0.05) is 28.5 Å². The molecule has 1 aromatic heterocycles. The molecule has 6 nitrogen and oxygen atoms in total. The summed E-state index contributed by atoms with van der Waals surface area (Å²) in [5.41, 5.74) is 3.89. The van der Waals surface area contributed by atoms with Gasteiger partial charge in [-0.3, -0.25) is 9.78 Å². The summed E-state index contributed by atoms with van der Waals surface area (Å²) < 4.78 is 34.7. The third-order valence-corrected chi connectivity index (χ3v) is 8.44. The molecule has 1 heterocycles. The number of rotatable bonds is 7. The molecule has 1 aliphatic rings. The number of aryl methyl sites for hydroxylation is 2. The van der Waals surface area contributed by atoms with Gasteiger partial charge in [-0.1, -0.05) is 54.1 Å². The average Bonchev–Trinajstić information content (AvgIpc) is 3.58. The van der Waals surface area contributed by atoms with Crippen molar-refractivity contribution in [1.82, 2.24) is 9.71 Å². The van der Waals surface area contributed by atoms with Crippen LogP contribution in [0, 0.1) is 13.8 Å². The van der Waals surface area contributed by atoms with Crippen LogP contribution in [0.4, 0.5) is 0 Å². The van der Waals surface area contributed by atoms with Crippen LogP contribution in [0.25, 0.3) is 10.9 Å². The molecule has 3 aromatic carbocycles. The lowest BCUT2D eigenvalue weighted by molar-refractivity contribution is -0.119. The van der Waals surface area contributed by atoms with Gasteiger partial charge in [-0.15, -0.1) is 0 Å². The number of benzene rings is 3. The van der Waals surface area contributed by atoms with E-state index in [0.717, 1.165) is 28.8 Å². The Morgan fingerprint density at radius 3 is 2.56 bits per heavy atom. The molecule has 4 aromatic rings. The molecule has 7 heteroatoms. The van der Waals surface area contributed by atoms with Gasteiger partial charge in [-0.05, 0) is 62.1 Å². The predicted molar refractivity (Wildman–Crippen MR) is 140 cm³/mol. The van der Waals surface area contributed by atoms with E-state index in [0.29, 0.717) is 16.7 Å². The fraction of sp³-hybridized carbons (Fsp3) is 0.241. The molecule has 36 heavy (non-hydrogen) atoms. The van der Waals surface area contributed by atoms with Gasteiger partial charge < -0.3 is 4.74 Å². The first-order valence-corrected chi connectivity index (χ1v) is 13.3. The first kappa shape index (κ1) is 24.0. The molecule has 5 rings (SSSR count). The zero-order valence-corrected chi connectivity index (χ0v) is 21.3. The zero-order chi connectivity index (χ0) is 25.5. The van der Waals surface area contributed by atoms with E-state index in [1.54, 1.807) is 31.4 Å². The second-order valence-corrected chi connectivity index (χ2v) is 11.2. The maximum absolute atomic E-state index is 13.4. The van der Waals surface area contributed by atoms with Crippen LogP contribution in [0.15, 0.2) is 83.8 Å². The van der Waals surface area contributed by atoms with Gasteiger partial charge >= 0.3 is 0 Å². The summed E-state index contributed by atoms with van der Waals surface area (Å²) in [6.07, 6.45) is 0.746. The van der Waals surface area contributed by atoms with E-state index in [1.165, 1.54) is 6.07 Å². The van der Waals surface area contributed by atoms with Gasteiger partial charge in [0.15, 0.2) is 0 Å². The second kappa shape index (κ2) is 9.06. The van der Waals surface area contributed by atoms with Gasteiger partial charge in [0.05, 0.1) is 17.5 Å². The van der Waals surface area contributed by atoms with E-state index in [9.17, 15) is 13.2 Å². The Morgan fingerprint density at radius 1 is 1.03 bits per heavy atom. The van der Waals surface area contributed by atoms with Gasteiger partial charge in [-0.2, -0.15) is 0 Å². The normalized spacial score (nSPS) is 19.1. The molecule has 1 saturated carbocycles. The second-order valence-electron chi connectivity index (χ2n) is 9.51. The first-order chi connectivity index (χ1) is 17.2. The standard InChI is InChI=1S/C29H28N2O4S/c1-19-12-15-26(35-3)23(16-19)29(17-24(29)21-8-5-4-6-9-21)18-28(32)31-36(33,34)27-11-7-10-25-22(27)14-13-20(2)30-25/h4-16,24H,17-18H2,1-3H3,(H,31,32)/t24-,29-/m0/s1. The van der Waals surface area contributed by atoms with Crippen LogP contribution in [0.1, 0.15) is 41.1 Å². The van der Waals surface area contributed by atoms with Crippen LogP contribution in [0.3, 0.4) is 0 Å². The van der Waals surface area contributed by atoms with Crippen molar-refractivity contribution in [1.29, 1.82) is 0 Å². The fourth-order valence-electron chi connectivity index (χ4n) is 5.22. The highest BCUT2D eigenvalue weighted by molar-refractivity contribution is 7.90. The Labute approximate surface area is 211 Å². The lowest BCUT2D eigenvalue weighted by Crippen LogP contribution is -2.33. The number of amides is 1. The van der Waals surface area contributed by atoms with Crippen LogP contribution in [0.2, 0.25) is 0 Å². The number of nitrogens with one attached hydrogen (secondary N) is 1. The summed E-state index contributed by atoms with van der Waals surface area (Å²) in [4.78, 5) is 17.8. The van der Waals surface area contributed by atoms with Crippen molar-refractivity contribution >= 4 is 26.8 Å². The molecule has 0 saturated heterocycles. The summed E-state index contributed by atoms with van der Waals surface area (Å²) >= 11 is 0. The zero-order valence-electron chi connectivity index (χ0n) is 20.5. The highest BCUT2D eigenvalue weighted by atomic mass is 32.2. The Kier molecular flexibility index (Phi) is 6.04. The van der Waals surface area contributed by atoms with E-state index >= 15 is 0 Å². The lowest BCUT2D eigenvalue weighted by Gasteiger charge is -2.22. The molecule has 1 aliphatic carbocycles. The van der Waals surface area contributed by atoms with Crippen LogP contribution in [-0.4, -0.2) is 26.4 Å². The highest BCUT2D eigenvalue weighted by Gasteiger charge is 2.58. The monoisotopic (exact) mass is 500 g/mol. The quantitative estimate of drug-likeness (QED) is 0.378. The molecule has 2 atom stereocenters. The Bertz CT molecular complexity index is 1570. The third-order valence-electron chi connectivity index (χ3n) is 7.01. The topological polar surface area (TPSA) is 85.4 Å². The number of sulfonamides is 1. The van der Waals surface area contributed by atoms with E-state index in [-0.39, 0.29) is 17.2 Å². The summed E-state index contributed by atoms with van der Waals surface area (Å²) in [6.45, 7) is 3.84. The molecule has 0 aliphatic heterocycles. The summed E-state index contributed by atoms with van der Waals surface area (Å²) in [6, 6.07) is 24.3. The van der Waals surface area contributed by atoms with Crippen LogP contribution in [0.5, 0.6) is 5.75 Å². The van der Waals surface area contributed by atoms with Crippen molar-refractivity contribution < 1.29 is 17.9 Å². The minimum atomic E-state index is -4.10. The maximum atomic E-state index is 13.4. The Balaban J connectivity index is 1.49. The number of carbonyl (C=O) groups is 1. The number of pyridine rings is 1. The van der Waals surface area contributed by atoms with Crippen LogP contribution >= 0.6 is 0 Å². The molecular weight excluding hydrogens is 472 g/mol.